The van der Waals surface area contributed by atoms with Gasteiger partial charge in [-0.25, -0.2) is 13.8 Å². The maximum absolute atomic E-state index is 13.8. The molecule has 4 nitrogen and oxygen atoms in total. The van der Waals surface area contributed by atoms with E-state index in [1.165, 1.54) is 24.3 Å². The van der Waals surface area contributed by atoms with Crippen LogP contribution >= 0.6 is 11.6 Å². The van der Waals surface area contributed by atoms with E-state index in [-0.39, 0.29) is 5.75 Å². The van der Waals surface area contributed by atoms with E-state index in [0.717, 1.165) is 18.3 Å². The van der Waals surface area contributed by atoms with Crippen molar-refractivity contribution in [3.05, 3.63) is 82.5 Å². The molecule has 2 aromatic carbocycles. The molecule has 29 heavy (non-hydrogen) atoms. The van der Waals surface area contributed by atoms with Crippen LogP contribution in [0.2, 0.25) is 5.02 Å². The van der Waals surface area contributed by atoms with Crippen molar-refractivity contribution in [2.24, 2.45) is 0 Å². The lowest BCUT2D eigenvalue weighted by Crippen LogP contribution is -2.21. The Morgan fingerprint density at radius 1 is 1.03 bits per heavy atom. The molecule has 0 aliphatic heterocycles. The second-order valence-corrected chi connectivity index (χ2v) is 6.11. The maximum Gasteiger partial charge on any atom is 0.417 e. The number of carbonyl (C=O) groups is 1. The van der Waals surface area contributed by atoms with Gasteiger partial charge in [-0.2, -0.15) is 13.2 Å². The van der Waals surface area contributed by atoms with Crippen LogP contribution in [-0.2, 0) is 6.18 Å². The number of nitrogens with zero attached hydrogens (tertiary/aromatic N) is 1. The number of carbonyl (C=O) groups excluding carboxylic acids is 1. The number of pyridine rings is 1. The van der Waals surface area contributed by atoms with Gasteiger partial charge >= 0.3 is 6.18 Å². The number of anilines is 1. The van der Waals surface area contributed by atoms with E-state index in [2.05, 4.69) is 4.98 Å². The molecule has 150 valence electrons. The van der Waals surface area contributed by atoms with Crippen molar-refractivity contribution >= 4 is 23.2 Å². The Labute approximate surface area is 165 Å². The summed E-state index contributed by atoms with van der Waals surface area (Å²) in [6.45, 7) is 0. The van der Waals surface area contributed by atoms with Gasteiger partial charge in [0.15, 0.2) is 0 Å². The quantitative estimate of drug-likeness (QED) is 0.513. The Balaban J connectivity index is 2.03. The van der Waals surface area contributed by atoms with Gasteiger partial charge < -0.3 is 10.1 Å². The summed E-state index contributed by atoms with van der Waals surface area (Å²) in [5, 5.41) is 2.34. The second kappa shape index (κ2) is 8.04. The Kier molecular flexibility index (Phi) is 5.69. The molecule has 0 bridgehead atoms. The number of nitrogens with one attached hydrogen (secondary N) is 1. The average molecular weight is 429 g/mol. The molecule has 0 aliphatic carbocycles. The predicted molar refractivity (Wildman–Crippen MR) is 95.1 cm³/mol. The standard InChI is InChI=1S/C19H10ClF5N2O2/c20-10-1-4-12(5-2-10)29-18-16(13(7-8-26-18)19(23,24)25)17(28)27-15-6-3-11(21)9-14(15)22/h1-9H,(H,27,28). The number of aromatic nitrogens is 1. The molecule has 3 aromatic rings. The van der Waals surface area contributed by atoms with Crippen LogP contribution in [0.15, 0.2) is 54.7 Å². The number of halogens is 6. The van der Waals surface area contributed by atoms with Crippen LogP contribution in [-0.4, -0.2) is 10.9 Å². The Bertz CT molecular complexity index is 1060. The second-order valence-electron chi connectivity index (χ2n) is 5.67. The first-order valence-corrected chi connectivity index (χ1v) is 8.29. The summed E-state index contributed by atoms with van der Waals surface area (Å²) in [5.74, 6) is -3.98. The molecule has 0 fully saturated rings. The van der Waals surface area contributed by atoms with Crippen molar-refractivity contribution in [2.75, 3.05) is 5.32 Å². The minimum atomic E-state index is -4.92. The highest BCUT2D eigenvalue weighted by Crippen LogP contribution is 2.37. The largest absolute Gasteiger partial charge is 0.438 e. The van der Waals surface area contributed by atoms with Gasteiger partial charge in [-0.05, 0) is 42.5 Å². The molecule has 1 amide bonds. The van der Waals surface area contributed by atoms with Gasteiger partial charge in [0.1, 0.15) is 22.9 Å². The zero-order valence-corrected chi connectivity index (χ0v) is 15.0. The van der Waals surface area contributed by atoms with Crippen molar-refractivity contribution in [3.8, 4) is 11.6 Å². The molecule has 0 unspecified atom stereocenters. The van der Waals surface area contributed by atoms with Crippen LogP contribution in [0.4, 0.5) is 27.6 Å². The third-order valence-electron chi connectivity index (χ3n) is 3.66. The minimum Gasteiger partial charge on any atom is -0.438 e. The summed E-state index contributed by atoms with van der Waals surface area (Å²) >= 11 is 5.75. The maximum atomic E-state index is 13.8. The zero-order chi connectivity index (χ0) is 21.2. The van der Waals surface area contributed by atoms with Gasteiger partial charge in [-0.3, -0.25) is 4.79 Å². The molecule has 0 saturated heterocycles. The summed E-state index contributed by atoms with van der Waals surface area (Å²) < 4.78 is 72.5. The molecule has 1 N–H and O–H groups in total. The monoisotopic (exact) mass is 428 g/mol. The molecular formula is C19H10ClF5N2O2. The highest BCUT2D eigenvalue weighted by Gasteiger charge is 2.38. The van der Waals surface area contributed by atoms with Crippen molar-refractivity contribution in [1.29, 1.82) is 0 Å². The Morgan fingerprint density at radius 2 is 1.72 bits per heavy atom. The fraction of sp³-hybridized carbons (Fsp3) is 0.0526. The van der Waals surface area contributed by atoms with Gasteiger partial charge in [0, 0.05) is 17.3 Å². The molecule has 1 heterocycles. The average Bonchev–Trinajstić information content (AvgIpc) is 2.65. The lowest BCUT2D eigenvalue weighted by molar-refractivity contribution is -0.138. The van der Waals surface area contributed by atoms with Crippen molar-refractivity contribution in [2.45, 2.75) is 6.18 Å². The van der Waals surface area contributed by atoms with E-state index in [1.54, 1.807) is 0 Å². The zero-order valence-electron chi connectivity index (χ0n) is 14.2. The van der Waals surface area contributed by atoms with Crippen LogP contribution < -0.4 is 10.1 Å². The number of ether oxygens (including phenoxy) is 1. The normalized spacial score (nSPS) is 11.2. The molecule has 1 aromatic heterocycles. The van der Waals surface area contributed by atoms with Crippen LogP contribution in [0.25, 0.3) is 0 Å². The third kappa shape index (κ3) is 4.80. The summed E-state index contributed by atoms with van der Waals surface area (Å²) in [6.07, 6.45) is -4.10. The van der Waals surface area contributed by atoms with E-state index in [1.807, 2.05) is 5.32 Å². The topological polar surface area (TPSA) is 51.2 Å². The number of amides is 1. The van der Waals surface area contributed by atoms with Crippen molar-refractivity contribution in [1.82, 2.24) is 4.98 Å². The number of hydrogen-bond donors (Lipinski definition) is 1. The molecule has 0 saturated carbocycles. The molecule has 0 atom stereocenters. The molecule has 3 rings (SSSR count). The van der Waals surface area contributed by atoms with Crippen LogP contribution in [0.1, 0.15) is 15.9 Å². The van der Waals surface area contributed by atoms with Gasteiger partial charge in [0.05, 0.1) is 11.3 Å². The molecule has 0 spiro atoms. The van der Waals surface area contributed by atoms with Crippen LogP contribution in [0.3, 0.4) is 0 Å². The molecule has 0 radical (unpaired) electrons. The van der Waals surface area contributed by atoms with Gasteiger partial charge in [0.2, 0.25) is 5.88 Å². The van der Waals surface area contributed by atoms with Gasteiger partial charge in [-0.15, -0.1) is 0 Å². The lowest BCUT2D eigenvalue weighted by Gasteiger charge is -2.16. The van der Waals surface area contributed by atoms with Crippen molar-refractivity contribution < 1.29 is 31.5 Å². The predicted octanol–water partition coefficient (Wildman–Crippen LogP) is 6.08. The smallest absolute Gasteiger partial charge is 0.417 e. The number of hydrogen-bond acceptors (Lipinski definition) is 3. The lowest BCUT2D eigenvalue weighted by atomic mass is 10.1. The first-order valence-electron chi connectivity index (χ1n) is 7.91. The SMILES string of the molecule is O=C(Nc1ccc(F)cc1F)c1c(C(F)(F)F)ccnc1Oc1ccc(Cl)cc1. The molecule has 0 aliphatic rings. The van der Waals surface area contributed by atoms with E-state index < -0.39 is 46.4 Å². The van der Waals surface area contributed by atoms with Crippen LogP contribution in [0.5, 0.6) is 11.6 Å². The first-order chi connectivity index (χ1) is 13.6. The van der Waals surface area contributed by atoms with E-state index in [9.17, 15) is 26.7 Å². The summed E-state index contributed by atoms with van der Waals surface area (Å²) in [4.78, 5) is 16.3. The summed E-state index contributed by atoms with van der Waals surface area (Å²) in [6, 6.07) is 8.39. The molecule has 10 heteroatoms. The van der Waals surface area contributed by atoms with E-state index in [0.29, 0.717) is 17.2 Å². The van der Waals surface area contributed by atoms with Gasteiger partial charge in [0.25, 0.3) is 5.91 Å². The molecular weight excluding hydrogens is 419 g/mol. The third-order valence-corrected chi connectivity index (χ3v) is 3.91. The number of alkyl halides is 3. The van der Waals surface area contributed by atoms with E-state index >= 15 is 0 Å². The highest BCUT2D eigenvalue weighted by molar-refractivity contribution is 6.30. The number of benzene rings is 2. The Morgan fingerprint density at radius 3 is 2.34 bits per heavy atom. The minimum absolute atomic E-state index is 0.0724. The highest BCUT2D eigenvalue weighted by atomic mass is 35.5. The number of rotatable bonds is 4. The van der Waals surface area contributed by atoms with Crippen molar-refractivity contribution in [3.63, 3.8) is 0 Å². The summed E-state index contributed by atoms with van der Waals surface area (Å²) in [7, 11) is 0. The Hall–Kier alpha value is -3.20. The van der Waals surface area contributed by atoms with E-state index in [4.69, 9.17) is 16.3 Å². The van der Waals surface area contributed by atoms with Crippen LogP contribution in [0, 0.1) is 11.6 Å². The fourth-order valence-corrected chi connectivity index (χ4v) is 2.49. The first kappa shape index (κ1) is 20.5. The van der Waals surface area contributed by atoms with Gasteiger partial charge in [-0.1, -0.05) is 11.6 Å². The summed E-state index contributed by atoms with van der Waals surface area (Å²) in [5.41, 5.74) is -2.80. The fourth-order valence-electron chi connectivity index (χ4n) is 2.37.